The van der Waals surface area contributed by atoms with E-state index in [1.54, 1.807) is 0 Å². The Labute approximate surface area is 88.7 Å². The Morgan fingerprint density at radius 3 is 2.47 bits per heavy atom. The molecule has 1 heterocycles. The Morgan fingerprint density at radius 2 is 1.87 bits per heavy atom. The van der Waals surface area contributed by atoms with Gasteiger partial charge in [0.25, 0.3) is 11.7 Å². The second-order valence-corrected chi connectivity index (χ2v) is 3.85. The predicted octanol–water partition coefficient (Wildman–Crippen LogP) is 1.85. The molecule has 0 spiro atoms. The molecule has 1 aliphatic rings. The first kappa shape index (κ1) is 9.90. The van der Waals surface area contributed by atoms with Gasteiger partial charge in [-0.05, 0) is 38.0 Å². The highest BCUT2D eigenvalue weighted by atomic mass is 16.2. The van der Waals surface area contributed by atoms with Crippen molar-refractivity contribution in [3.05, 3.63) is 28.8 Å². The van der Waals surface area contributed by atoms with Crippen LogP contribution in [0.25, 0.3) is 0 Å². The zero-order valence-corrected chi connectivity index (χ0v) is 9.13. The third-order valence-electron chi connectivity index (χ3n) is 2.73. The number of likely N-dealkylation sites (N-methyl/N-ethyl adjacent to an activating group) is 1. The van der Waals surface area contributed by atoms with Crippen LogP contribution in [0.4, 0.5) is 5.69 Å². The molecule has 0 bridgehead atoms. The van der Waals surface area contributed by atoms with Crippen LogP contribution in [0.1, 0.15) is 28.4 Å². The van der Waals surface area contributed by atoms with E-state index in [9.17, 15) is 9.59 Å². The first-order valence-corrected chi connectivity index (χ1v) is 5.03. The van der Waals surface area contributed by atoms with Crippen LogP contribution in [0.3, 0.4) is 0 Å². The van der Waals surface area contributed by atoms with Gasteiger partial charge in [0.15, 0.2) is 0 Å². The number of hydrogen-bond acceptors (Lipinski definition) is 2. The highest BCUT2D eigenvalue weighted by Gasteiger charge is 2.35. The summed E-state index contributed by atoms with van der Waals surface area (Å²) in [5, 5.41) is 0. The molecule has 1 aromatic rings. The van der Waals surface area contributed by atoms with Gasteiger partial charge in [0, 0.05) is 6.54 Å². The van der Waals surface area contributed by atoms with Gasteiger partial charge >= 0.3 is 0 Å². The number of hydrogen-bond donors (Lipinski definition) is 0. The van der Waals surface area contributed by atoms with Gasteiger partial charge in [-0.2, -0.15) is 0 Å². The number of benzene rings is 1. The van der Waals surface area contributed by atoms with E-state index in [0.717, 1.165) is 16.8 Å². The van der Waals surface area contributed by atoms with Crippen LogP contribution in [0.2, 0.25) is 0 Å². The molecule has 1 aromatic carbocycles. The Balaban J connectivity index is 2.70. The monoisotopic (exact) mass is 203 g/mol. The van der Waals surface area contributed by atoms with Crippen LogP contribution in [0.5, 0.6) is 0 Å². The average Bonchev–Trinajstić information content (AvgIpc) is 2.39. The van der Waals surface area contributed by atoms with E-state index in [-0.39, 0.29) is 5.78 Å². The van der Waals surface area contributed by atoms with E-state index in [4.69, 9.17) is 0 Å². The standard InChI is InChI=1S/C12H13NO2/c1-4-13-9-6-7(2)5-8(3)10(9)11(14)12(13)15/h5-6H,4H2,1-3H3. The highest BCUT2D eigenvalue weighted by Crippen LogP contribution is 2.32. The molecule has 0 atom stereocenters. The number of nitrogens with zero attached hydrogens (tertiary/aromatic N) is 1. The van der Waals surface area contributed by atoms with E-state index in [2.05, 4.69) is 0 Å². The second kappa shape index (κ2) is 3.19. The van der Waals surface area contributed by atoms with Gasteiger partial charge in [-0.25, -0.2) is 0 Å². The fourth-order valence-electron chi connectivity index (χ4n) is 2.11. The molecule has 0 N–H and O–H groups in total. The molecule has 2 rings (SSSR count). The summed E-state index contributed by atoms with van der Waals surface area (Å²) in [5.41, 5.74) is 3.31. The summed E-state index contributed by atoms with van der Waals surface area (Å²) in [5.74, 6) is -0.773. The number of amides is 1. The summed E-state index contributed by atoms with van der Waals surface area (Å²) in [6.45, 7) is 6.25. The third-order valence-corrected chi connectivity index (χ3v) is 2.73. The van der Waals surface area contributed by atoms with Crippen molar-refractivity contribution in [2.45, 2.75) is 20.8 Å². The van der Waals surface area contributed by atoms with E-state index >= 15 is 0 Å². The van der Waals surface area contributed by atoms with E-state index in [1.165, 1.54) is 4.90 Å². The van der Waals surface area contributed by atoms with Gasteiger partial charge in [0.2, 0.25) is 0 Å². The van der Waals surface area contributed by atoms with Crippen molar-refractivity contribution in [3.63, 3.8) is 0 Å². The lowest BCUT2D eigenvalue weighted by Gasteiger charge is -2.14. The van der Waals surface area contributed by atoms with Crippen LogP contribution in [-0.4, -0.2) is 18.2 Å². The predicted molar refractivity (Wildman–Crippen MR) is 58.3 cm³/mol. The molecule has 0 saturated carbocycles. The lowest BCUT2D eigenvalue weighted by atomic mass is 10.0. The zero-order chi connectivity index (χ0) is 11.2. The summed E-state index contributed by atoms with van der Waals surface area (Å²) in [6.07, 6.45) is 0. The number of carbonyl (C=O) groups is 2. The molecule has 1 aliphatic heterocycles. The minimum Gasteiger partial charge on any atom is -0.305 e. The summed E-state index contributed by atoms with van der Waals surface area (Å²) < 4.78 is 0. The molecule has 0 saturated heterocycles. The maximum absolute atomic E-state index is 11.7. The largest absolute Gasteiger partial charge is 0.305 e. The molecule has 3 heteroatoms. The minimum atomic E-state index is -0.402. The molecule has 0 radical (unpaired) electrons. The van der Waals surface area contributed by atoms with Crippen LogP contribution in [-0.2, 0) is 4.79 Å². The van der Waals surface area contributed by atoms with Crippen molar-refractivity contribution in [2.24, 2.45) is 0 Å². The zero-order valence-electron chi connectivity index (χ0n) is 9.13. The summed E-state index contributed by atoms with van der Waals surface area (Å²) in [6, 6.07) is 3.83. The maximum Gasteiger partial charge on any atom is 0.299 e. The van der Waals surface area contributed by atoms with E-state index in [1.807, 2.05) is 32.9 Å². The van der Waals surface area contributed by atoms with Crippen molar-refractivity contribution in [2.75, 3.05) is 11.4 Å². The fraction of sp³-hybridized carbons (Fsp3) is 0.333. The van der Waals surface area contributed by atoms with E-state index < -0.39 is 5.91 Å². The van der Waals surface area contributed by atoms with Crippen LogP contribution >= 0.6 is 0 Å². The fourth-order valence-corrected chi connectivity index (χ4v) is 2.11. The molecule has 3 nitrogen and oxygen atoms in total. The first-order chi connectivity index (χ1) is 7.06. The SMILES string of the molecule is CCN1C(=O)C(=O)c2c(C)cc(C)cc21. The molecule has 0 aliphatic carbocycles. The number of ketones is 1. The Kier molecular flexibility index (Phi) is 2.11. The van der Waals surface area contributed by atoms with Crippen molar-refractivity contribution in [1.82, 2.24) is 0 Å². The maximum atomic E-state index is 11.7. The molecule has 78 valence electrons. The van der Waals surface area contributed by atoms with Gasteiger partial charge in [0.1, 0.15) is 0 Å². The van der Waals surface area contributed by atoms with Crippen molar-refractivity contribution >= 4 is 17.4 Å². The van der Waals surface area contributed by atoms with Gasteiger partial charge in [0.05, 0.1) is 11.3 Å². The molecule has 15 heavy (non-hydrogen) atoms. The molecule has 0 aromatic heterocycles. The lowest BCUT2D eigenvalue weighted by Crippen LogP contribution is -2.29. The number of fused-ring (bicyclic) bond motifs is 1. The summed E-state index contributed by atoms with van der Waals surface area (Å²) >= 11 is 0. The Morgan fingerprint density at radius 1 is 1.20 bits per heavy atom. The topological polar surface area (TPSA) is 37.4 Å². The second-order valence-electron chi connectivity index (χ2n) is 3.85. The molecule has 1 amide bonds. The summed E-state index contributed by atoms with van der Waals surface area (Å²) in [4.78, 5) is 24.9. The summed E-state index contributed by atoms with van der Waals surface area (Å²) in [7, 11) is 0. The van der Waals surface area contributed by atoms with Crippen LogP contribution < -0.4 is 4.90 Å². The first-order valence-electron chi connectivity index (χ1n) is 5.03. The van der Waals surface area contributed by atoms with Gasteiger partial charge in [-0.1, -0.05) is 6.07 Å². The van der Waals surface area contributed by atoms with Gasteiger partial charge in [-0.3, -0.25) is 9.59 Å². The third kappa shape index (κ3) is 1.27. The smallest absolute Gasteiger partial charge is 0.299 e. The number of Topliss-reactive ketones (excluding diaryl/α,β-unsaturated/α-hetero) is 1. The number of rotatable bonds is 1. The number of carbonyl (C=O) groups excluding carboxylic acids is 2. The van der Waals surface area contributed by atoms with Crippen LogP contribution in [0.15, 0.2) is 12.1 Å². The van der Waals surface area contributed by atoms with Gasteiger partial charge in [-0.15, -0.1) is 0 Å². The van der Waals surface area contributed by atoms with Crippen LogP contribution in [0, 0.1) is 13.8 Å². The number of aryl methyl sites for hydroxylation is 2. The Hall–Kier alpha value is -1.64. The average molecular weight is 203 g/mol. The van der Waals surface area contributed by atoms with Gasteiger partial charge < -0.3 is 4.90 Å². The minimum absolute atomic E-state index is 0.371. The van der Waals surface area contributed by atoms with Crippen molar-refractivity contribution < 1.29 is 9.59 Å². The molecule has 0 unspecified atom stereocenters. The normalized spacial score (nSPS) is 14.7. The Bertz CT molecular complexity index is 463. The quantitative estimate of drug-likeness (QED) is 0.653. The molecule has 0 fully saturated rings. The van der Waals surface area contributed by atoms with Crippen molar-refractivity contribution in [3.8, 4) is 0 Å². The molecular formula is C12H13NO2. The van der Waals surface area contributed by atoms with Crippen molar-refractivity contribution in [1.29, 1.82) is 0 Å². The molecular weight excluding hydrogens is 190 g/mol. The highest BCUT2D eigenvalue weighted by molar-refractivity contribution is 6.52. The van der Waals surface area contributed by atoms with E-state index in [0.29, 0.717) is 12.1 Å². The lowest BCUT2D eigenvalue weighted by molar-refractivity contribution is -0.114. The number of anilines is 1.